The molecule has 3 nitrogen and oxygen atoms in total. The fourth-order valence-electron chi connectivity index (χ4n) is 2.29. The van der Waals surface area contributed by atoms with Crippen LogP contribution in [-0.2, 0) is 0 Å². The van der Waals surface area contributed by atoms with Gasteiger partial charge in [-0.05, 0) is 24.3 Å². The molecule has 3 aromatic rings. The number of hydrogen-bond acceptors (Lipinski definition) is 2. The number of carbonyl (C=O) groups excluding carboxylic acids is 1. The van der Waals surface area contributed by atoms with Gasteiger partial charge in [0.2, 0.25) is 0 Å². The van der Waals surface area contributed by atoms with Gasteiger partial charge >= 0.3 is 0 Å². The van der Waals surface area contributed by atoms with Crippen LogP contribution in [0, 0.1) is 11.3 Å². The number of nitrogens with zero attached hydrogens (tertiary/aromatic N) is 2. The van der Waals surface area contributed by atoms with Gasteiger partial charge < -0.3 is 4.57 Å². The van der Waals surface area contributed by atoms with Crippen molar-refractivity contribution in [3.05, 3.63) is 65.9 Å². The van der Waals surface area contributed by atoms with Crippen LogP contribution in [0.1, 0.15) is 16.1 Å². The Morgan fingerprint density at radius 2 is 1.84 bits per heavy atom. The quantitative estimate of drug-likeness (QED) is 0.651. The average molecular weight is 246 g/mol. The van der Waals surface area contributed by atoms with Gasteiger partial charge in [0.1, 0.15) is 11.8 Å². The molecule has 90 valence electrons. The maximum Gasteiger partial charge on any atom is 0.150 e. The summed E-state index contributed by atoms with van der Waals surface area (Å²) in [6.07, 6.45) is 0.818. The van der Waals surface area contributed by atoms with Crippen molar-refractivity contribution in [2.75, 3.05) is 0 Å². The number of para-hydroxylation sites is 1. The Balaban J connectivity index is 2.42. The number of hydrogen-bond donors (Lipinski definition) is 0. The van der Waals surface area contributed by atoms with Crippen LogP contribution in [0.3, 0.4) is 0 Å². The van der Waals surface area contributed by atoms with E-state index in [0.29, 0.717) is 11.3 Å². The number of benzene rings is 2. The van der Waals surface area contributed by atoms with E-state index in [-0.39, 0.29) is 0 Å². The van der Waals surface area contributed by atoms with Crippen molar-refractivity contribution in [2.24, 2.45) is 0 Å². The lowest BCUT2D eigenvalue weighted by molar-refractivity contribution is 0.112. The number of carbonyl (C=O) groups is 1. The first-order valence-corrected chi connectivity index (χ1v) is 5.90. The van der Waals surface area contributed by atoms with Crippen molar-refractivity contribution >= 4 is 17.2 Å². The van der Waals surface area contributed by atoms with Crippen LogP contribution in [0.2, 0.25) is 0 Å². The monoisotopic (exact) mass is 246 g/mol. The maximum atomic E-state index is 11.1. The van der Waals surface area contributed by atoms with Crippen LogP contribution in [0.15, 0.2) is 54.6 Å². The van der Waals surface area contributed by atoms with E-state index in [2.05, 4.69) is 6.07 Å². The molecular weight excluding hydrogens is 236 g/mol. The Labute approximate surface area is 110 Å². The molecule has 0 spiro atoms. The molecule has 1 aromatic heterocycles. The predicted octanol–water partition coefficient (Wildman–Crippen LogP) is 3.31. The number of rotatable bonds is 2. The summed E-state index contributed by atoms with van der Waals surface area (Å²) in [5, 5.41) is 10.1. The minimum absolute atomic E-state index is 0.524. The largest absolute Gasteiger partial charge is 0.301 e. The van der Waals surface area contributed by atoms with Crippen molar-refractivity contribution in [1.29, 1.82) is 5.26 Å². The fraction of sp³-hybridized carbons (Fsp3) is 0. The van der Waals surface area contributed by atoms with Crippen LogP contribution in [0.5, 0.6) is 0 Å². The van der Waals surface area contributed by atoms with Crippen LogP contribution in [0.25, 0.3) is 16.6 Å². The lowest BCUT2D eigenvalue weighted by atomic mass is 10.1. The molecule has 0 aliphatic heterocycles. The van der Waals surface area contributed by atoms with E-state index in [9.17, 15) is 10.1 Å². The zero-order valence-corrected chi connectivity index (χ0v) is 10.1. The predicted molar refractivity (Wildman–Crippen MR) is 73.4 cm³/mol. The van der Waals surface area contributed by atoms with Gasteiger partial charge in [-0.25, -0.2) is 0 Å². The smallest absolute Gasteiger partial charge is 0.150 e. The van der Waals surface area contributed by atoms with E-state index in [1.54, 1.807) is 12.1 Å². The van der Waals surface area contributed by atoms with Gasteiger partial charge in [-0.3, -0.25) is 4.79 Å². The van der Waals surface area contributed by atoms with E-state index < -0.39 is 0 Å². The molecular formula is C16H10N2O. The van der Waals surface area contributed by atoms with Crippen LogP contribution < -0.4 is 0 Å². The summed E-state index contributed by atoms with van der Waals surface area (Å²) in [5.74, 6) is 0. The highest BCUT2D eigenvalue weighted by Crippen LogP contribution is 2.26. The molecule has 2 aromatic carbocycles. The number of aldehydes is 1. The minimum Gasteiger partial charge on any atom is -0.301 e. The first-order chi connectivity index (χ1) is 9.35. The second-order valence-corrected chi connectivity index (χ2v) is 4.21. The van der Waals surface area contributed by atoms with Gasteiger partial charge in [0.15, 0.2) is 6.29 Å². The highest BCUT2D eigenvalue weighted by atomic mass is 16.1. The van der Waals surface area contributed by atoms with Gasteiger partial charge in [0.25, 0.3) is 0 Å². The molecule has 0 atom stereocenters. The van der Waals surface area contributed by atoms with Gasteiger partial charge in [0.05, 0.1) is 5.52 Å². The summed E-state index contributed by atoms with van der Waals surface area (Å²) >= 11 is 0. The highest BCUT2D eigenvalue weighted by molar-refractivity contribution is 5.98. The third kappa shape index (κ3) is 1.71. The fourth-order valence-corrected chi connectivity index (χ4v) is 2.29. The molecule has 0 aliphatic rings. The molecule has 1 heterocycles. The van der Waals surface area contributed by atoms with Crippen molar-refractivity contribution in [1.82, 2.24) is 4.57 Å². The topological polar surface area (TPSA) is 45.8 Å². The van der Waals surface area contributed by atoms with Crippen LogP contribution >= 0.6 is 0 Å². The molecule has 0 amide bonds. The molecule has 0 bridgehead atoms. The van der Waals surface area contributed by atoms with Gasteiger partial charge in [0, 0.05) is 16.6 Å². The Morgan fingerprint density at radius 3 is 2.53 bits per heavy atom. The standard InChI is InChI=1S/C16H10N2O/c17-10-14-9-15-12(11-19)5-4-8-16(15)18(14)13-6-2-1-3-7-13/h1-9,11H. The lowest BCUT2D eigenvalue weighted by Crippen LogP contribution is -1.96. The van der Waals surface area contributed by atoms with Crippen molar-refractivity contribution < 1.29 is 4.79 Å². The zero-order chi connectivity index (χ0) is 13.2. The van der Waals surface area contributed by atoms with E-state index in [1.807, 2.05) is 47.0 Å². The Bertz CT molecular complexity index is 795. The van der Waals surface area contributed by atoms with Gasteiger partial charge in [-0.1, -0.05) is 30.3 Å². The molecule has 0 aliphatic carbocycles. The summed E-state index contributed by atoms with van der Waals surface area (Å²) < 4.78 is 1.86. The average Bonchev–Trinajstić information content (AvgIpc) is 2.86. The van der Waals surface area contributed by atoms with E-state index in [1.165, 1.54) is 0 Å². The van der Waals surface area contributed by atoms with E-state index in [4.69, 9.17) is 0 Å². The summed E-state index contributed by atoms with van der Waals surface area (Å²) in [7, 11) is 0. The van der Waals surface area contributed by atoms with Crippen molar-refractivity contribution in [3.8, 4) is 11.8 Å². The minimum atomic E-state index is 0.524. The molecule has 0 radical (unpaired) electrons. The molecule has 0 N–H and O–H groups in total. The molecule has 19 heavy (non-hydrogen) atoms. The first kappa shape index (κ1) is 11.2. The molecule has 3 heteroatoms. The summed E-state index contributed by atoms with van der Waals surface area (Å²) in [4.78, 5) is 11.1. The van der Waals surface area contributed by atoms with Gasteiger partial charge in [-0.15, -0.1) is 0 Å². The Hall–Kier alpha value is -2.86. The van der Waals surface area contributed by atoms with Crippen LogP contribution in [0.4, 0.5) is 0 Å². The SMILES string of the molecule is N#Cc1cc2c(C=O)cccc2n1-c1ccccc1. The number of nitriles is 1. The van der Waals surface area contributed by atoms with Gasteiger partial charge in [-0.2, -0.15) is 5.26 Å². The number of aromatic nitrogens is 1. The Kier molecular flexibility index (Phi) is 2.62. The molecule has 3 rings (SSSR count). The molecule has 0 saturated heterocycles. The highest BCUT2D eigenvalue weighted by Gasteiger charge is 2.12. The van der Waals surface area contributed by atoms with Crippen LogP contribution in [-0.4, -0.2) is 10.9 Å². The Morgan fingerprint density at radius 1 is 1.05 bits per heavy atom. The number of fused-ring (bicyclic) bond motifs is 1. The molecule has 0 unspecified atom stereocenters. The van der Waals surface area contributed by atoms with E-state index in [0.717, 1.165) is 22.9 Å². The second-order valence-electron chi connectivity index (χ2n) is 4.21. The zero-order valence-electron chi connectivity index (χ0n) is 10.1. The molecule has 0 fully saturated rings. The van der Waals surface area contributed by atoms with Crippen molar-refractivity contribution in [2.45, 2.75) is 0 Å². The van der Waals surface area contributed by atoms with Crippen molar-refractivity contribution in [3.63, 3.8) is 0 Å². The third-order valence-corrected chi connectivity index (χ3v) is 3.14. The third-order valence-electron chi connectivity index (χ3n) is 3.14. The summed E-state index contributed by atoms with van der Waals surface area (Å²) in [6, 6.07) is 19.1. The maximum absolute atomic E-state index is 11.1. The van der Waals surface area contributed by atoms with E-state index >= 15 is 0 Å². The summed E-state index contributed by atoms with van der Waals surface area (Å²) in [6.45, 7) is 0. The lowest BCUT2D eigenvalue weighted by Gasteiger charge is -2.06. The summed E-state index contributed by atoms with van der Waals surface area (Å²) in [5.41, 5.74) is 2.91. The first-order valence-electron chi connectivity index (χ1n) is 5.90. The molecule has 0 saturated carbocycles. The second kappa shape index (κ2) is 4.43. The normalized spacial score (nSPS) is 10.3.